The molecule has 0 radical (unpaired) electrons. The van der Waals surface area contributed by atoms with Gasteiger partial charge < -0.3 is 16.4 Å². The van der Waals surface area contributed by atoms with Gasteiger partial charge in [0, 0.05) is 6.20 Å². The number of nitriles is 1. The number of nitrogens with two attached hydrogens (primary N) is 1. The molecule has 0 saturated heterocycles. The summed E-state index contributed by atoms with van der Waals surface area (Å²) in [6.07, 6.45) is 2.21. The van der Waals surface area contributed by atoms with Crippen LogP contribution in [-0.2, 0) is 11.2 Å². The first-order valence-electron chi connectivity index (χ1n) is 8.61. The number of hydrogen-bond acceptors (Lipinski definition) is 4. The number of carbonyl (C=O) groups excluding carboxylic acids is 2. The number of amides is 2. The van der Waals surface area contributed by atoms with E-state index in [1.165, 1.54) is 11.8 Å². The lowest BCUT2D eigenvalue weighted by molar-refractivity contribution is -0.117. The van der Waals surface area contributed by atoms with Crippen molar-refractivity contribution in [3.8, 4) is 6.07 Å². The molecule has 0 fully saturated rings. The van der Waals surface area contributed by atoms with Gasteiger partial charge in [0.1, 0.15) is 11.6 Å². The molecule has 2 amide bonds. The molecule has 4 N–H and O–H groups in total. The SMILES string of the molecule is CCc1ccc(C(C)NC(=O)/C(C#N)=C\Nc2ccccc2C(N)=O)cc1. The molecule has 138 valence electrons. The lowest BCUT2D eigenvalue weighted by Gasteiger charge is -2.14. The largest absolute Gasteiger partial charge is 0.366 e. The first-order valence-corrected chi connectivity index (χ1v) is 8.61. The zero-order valence-corrected chi connectivity index (χ0v) is 15.3. The lowest BCUT2D eigenvalue weighted by Crippen LogP contribution is -2.28. The van der Waals surface area contributed by atoms with E-state index in [1.807, 2.05) is 37.3 Å². The minimum absolute atomic E-state index is 0.105. The summed E-state index contributed by atoms with van der Waals surface area (Å²) in [7, 11) is 0. The Morgan fingerprint density at radius 2 is 1.85 bits per heavy atom. The van der Waals surface area contributed by atoms with E-state index in [9.17, 15) is 14.9 Å². The highest BCUT2D eigenvalue weighted by atomic mass is 16.2. The molecule has 2 rings (SSSR count). The summed E-state index contributed by atoms with van der Waals surface area (Å²) >= 11 is 0. The number of hydrogen-bond donors (Lipinski definition) is 3. The lowest BCUT2D eigenvalue weighted by atomic mass is 10.0. The topological polar surface area (TPSA) is 108 Å². The third-order valence-electron chi connectivity index (χ3n) is 4.17. The molecule has 2 aromatic rings. The van der Waals surface area contributed by atoms with Gasteiger partial charge in [-0.2, -0.15) is 5.26 Å². The van der Waals surface area contributed by atoms with Gasteiger partial charge in [-0.15, -0.1) is 0 Å². The zero-order valence-electron chi connectivity index (χ0n) is 15.3. The molecular weight excluding hydrogens is 340 g/mol. The van der Waals surface area contributed by atoms with Crippen LogP contribution in [0.2, 0.25) is 0 Å². The molecule has 0 aliphatic rings. The van der Waals surface area contributed by atoms with Crippen LogP contribution in [-0.4, -0.2) is 11.8 Å². The molecule has 0 bridgehead atoms. The number of anilines is 1. The van der Waals surface area contributed by atoms with Gasteiger partial charge >= 0.3 is 0 Å². The third kappa shape index (κ3) is 5.19. The van der Waals surface area contributed by atoms with Crippen molar-refractivity contribution in [2.24, 2.45) is 5.73 Å². The predicted molar refractivity (Wildman–Crippen MR) is 105 cm³/mol. The van der Waals surface area contributed by atoms with Crippen LogP contribution in [0.1, 0.15) is 41.4 Å². The molecule has 0 aliphatic heterocycles. The molecule has 27 heavy (non-hydrogen) atoms. The van der Waals surface area contributed by atoms with Crippen molar-refractivity contribution < 1.29 is 9.59 Å². The Balaban J connectivity index is 2.10. The highest BCUT2D eigenvalue weighted by Crippen LogP contribution is 2.16. The predicted octanol–water partition coefficient (Wildman–Crippen LogP) is 3.04. The summed E-state index contributed by atoms with van der Waals surface area (Å²) in [6, 6.07) is 16.2. The van der Waals surface area contributed by atoms with Crippen molar-refractivity contribution in [3.05, 3.63) is 77.0 Å². The Bertz CT molecular complexity index is 895. The molecule has 0 spiro atoms. The van der Waals surface area contributed by atoms with E-state index >= 15 is 0 Å². The average molecular weight is 362 g/mol. The fraction of sp³-hybridized carbons (Fsp3) is 0.190. The van der Waals surface area contributed by atoms with E-state index < -0.39 is 11.8 Å². The van der Waals surface area contributed by atoms with E-state index in [4.69, 9.17) is 5.73 Å². The van der Waals surface area contributed by atoms with Gasteiger partial charge in [-0.3, -0.25) is 9.59 Å². The molecule has 1 unspecified atom stereocenters. The molecular formula is C21H22N4O2. The normalized spacial score (nSPS) is 12.0. The summed E-state index contributed by atoms with van der Waals surface area (Å²) in [5.41, 5.74) is 8.08. The summed E-state index contributed by atoms with van der Waals surface area (Å²) in [5, 5.41) is 14.9. The van der Waals surface area contributed by atoms with Crippen LogP contribution in [0.3, 0.4) is 0 Å². The second kappa shape index (κ2) is 9.20. The Morgan fingerprint density at radius 1 is 1.19 bits per heavy atom. The summed E-state index contributed by atoms with van der Waals surface area (Å²) in [5.74, 6) is -1.10. The van der Waals surface area contributed by atoms with Gasteiger partial charge in [-0.05, 0) is 36.6 Å². The van der Waals surface area contributed by atoms with Crippen molar-refractivity contribution in [2.45, 2.75) is 26.3 Å². The van der Waals surface area contributed by atoms with Gasteiger partial charge in [-0.25, -0.2) is 0 Å². The van der Waals surface area contributed by atoms with Gasteiger partial charge in [0.2, 0.25) is 0 Å². The molecule has 0 heterocycles. The van der Waals surface area contributed by atoms with Crippen molar-refractivity contribution in [1.29, 1.82) is 5.26 Å². The molecule has 1 atom stereocenters. The van der Waals surface area contributed by atoms with Gasteiger partial charge in [0.05, 0.1) is 17.3 Å². The molecule has 0 saturated carbocycles. The van der Waals surface area contributed by atoms with Crippen LogP contribution in [0.25, 0.3) is 0 Å². The highest BCUT2D eigenvalue weighted by molar-refractivity contribution is 6.00. The van der Waals surface area contributed by atoms with E-state index in [-0.39, 0.29) is 17.2 Å². The average Bonchev–Trinajstić information content (AvgIpc) is 2.68. The van der Waals surface area contributed by atoms with Crippen LogP contribution in [0, 0.1) is 11.3 Å². The van der Waals surface area contributed by atoms with E-state index in [1.54, 1.807) is 24.3 Å². The number of para-hydroxylation sites is 1. The minimum atomic E-state index is -0.599. The second-order valence-corrected chi connectivity index (χ2v) is 6.01. The number of rotatable bonds is 7. The van der Waals surface area contributed by atoms with Crippen molar-refractivity contribution >= 4 is 17.5 Å². The molecule has 0 aliphatic carbocycles. The Labute approximate surface area is 158 Å². The Hall–Kier alpha value is -3.59. The van der Waals surface area contributed by atoms with Crippen LogP contribution >= 0.6 is 0 Å². The number of carbonyl (C=O) groups is 2. The Morgan fingerprint density at radius 3 is 2.44 bits per heavy atom. The van der Waals surface area contributed by atoms with E-state index in [0.717, 1.165) is 12.0 Å². The number of primary amides is 1. The third-order valence-corrected chi connectivity index (χ3v) is 4.17. The number of benzene rings is 2. The Kier molecular flexibility index (Phi) is 6.73. The molecule has 0 aromatic heterocycles. The maximum Gasteiger partial charge on any atom is 0.263 e. The fourth-order valence-corrected chi connectivity index (χ4v) is 2.52. The van der Waals surface area contributed by atoms with Gasteiger partial charge in [0.25, 0.3) is 11.8 Å². The number of nitrogens with zero attached hydrogens (tertiary/aromatic N) is 1. The fourth-order valence-electron chi connectivity index (χ4n) is 2.52. The van der Waals surface area contributed by atoms with Crippen LogP contribution in [0.5, 0.6) is 0 Å². The molecule has 2 aromatic carbocycles. The zero-order chi connectivity index (χ0) is 19.8. The van der Waals surface area contributed by atoms with Crippen LogP contribution in [0.4, 0.5) is 5.69 Å². The molecule has 6 nitrogen and oxygen atoms in total. The number of aryl methyl sites for hydroxylation is 1. The first kappa shape index (κ1) is 19.7. The smallest absolute Gasteiger partial charge is 0.263 e. The highest BCUT2D eigenvalue weighted by Gasteiger charge is 2.14. The van der Waals surface area contributed by atoms with Crippen molar-refractivity contribution in [2.75, 3.05) is 5.32 Å². The molecule has 6 heteroatoms. The van der Waals surface area contributed by atoms with Gasteiger partial charge in [-0.1, -0.05) is 43.3 Å². The van der Waals surface area contributed by atoms with Crippen molar-refractivity contribution in [1.82, 2.24) is 5.32 Å². The second-order valence-electron chi connectivity index (χ2n) is 6.01. The minimum Gasteiger partial charge on any atom is -0.366 e. The monoisotopic (exact) mass is 362 g/mol. The van der Waals surface area contributed by atoms with E-state index in [2.05, 4.69) is 17.6 Å². The van der Waals surface area contributed by atoms with E-state index in [0.29, 0.717) is 5.69 Å². The number of nitrogens with one attached hydrogen (secondary N) is 2. The first-order chi connectivity index (χ1) is 13.0. The van der Waals surface area contributed by atoms with Crippen molar-refractivity contribution in [3.63, 3.8) is 0 Å². The quantitative estimate of drug-likeness (QED) is 0.519. The van der Waals surface area contributed by atoms with Crippen LogP contribution < -0.4 is 16.4 Å². The summed E-state index contributed by atoms with van der Waals surface area (Å²) in [6.45, 7) is 3.93. The van der Waals surface area contributed by atoms with Crippen LogP contribution in [0.15, 0.2) is 60.3 Å². The maximum absolute atomic E-state index is 12.4. The standard InChI is InChI=1S/C21H22N4O2/c1-3-15-8-10-16(11-9-15)14(2)25-21(27)17(12-22)13-24-19-7-5-4-6-18(19)20(23)26/h4-11,13-14,24H,3H2,1-2H3,(H2,23,26)(H,25,27)/b17-13-. The van der Waals surface area contributed by atoms with Gasteiger partial charge in [0.15, 0.2) is 0 Å². The summed E-state index contributed by atoms with van der Waals surface area (Å²) in [4.78, 5) is 23.8. The summed E-state index contributed by atoms with van der Waals surface area (Å²) < 4.78 is 0. The maximum atomic E-state index is 12.4.